The van der Waals surface area contributed by atoms with E-state index in [0.29, 0.717) is 17.3 Å². The highest BCUT2D eigenvalue weighted by Gasteiger charge is 2.11. The molecule has 1 N–H and O–H groups in total. The second kappa shape index (κ2) is 6.41. The topological polar surface area (TPSA) is 32.3 Å². The maximum absolute atomic E-state index is 12.0. The van der Waals surface area contributed by atoms with Crippen LogP contribution in [0.3, 0.4) is 0 Å². The molecule has 1 aromatic carbocycles. The monoisotopic (exact) mass is 358 g/mol. The van der Waals surface area contributed by atoms with Crippen LogP contribution in [-0.4, -0.2) is 18.0 Å². The molecule has 0 bridgehead atoms. The van der Waals surface area contributed by atoms with Crippen molar-refractivity contribution in [3.05, 3.63) is 50.1 Å². The van der Waals surface area contributed by atoms with Gasteiger partial charge in [0.25, 0.3) is 0 Å². The molecule has 0 radical (unpaired) electrons. The smallest absolute Gasteiger partial charge is 0.321 e. The average molecular weight is 360 g/mol. The molecule has 1 heterocycles. The van der Waals surface area contributed by atoms with Crippen LogP contribution in [0.1, 0.15) is 5.56 Å². The summed E-state index contributed by atoms with van der Waals surface area (Å²) in [5.41, 5.74) is 1.71. The van der Waals surface area contributed by atoms with Gasteiger partial charge < -0.3 is 10.2 Å². The molecule has 0 saturated heterocycles. The Kier molecular flexibility index (Phi) is 4.85. The molecule has 2 aromatic rings. The Morgan fingerprint density at radius 2 is 2.21 bits per heavy atom. The second-order valence-corrected chi connectivity index (χ2v) is 6.72. The summed E-state index contributed by atoms with van der Waals surface area (Å²) < 4.78 is 1.06. The quantitative estimate of drug-likeness (QED) is 0.836. The Morgan fingerprint density at radius 3 is 2.84 bits per heavy atom. The molecular formula is C13H12BrClN2OS. The Hall–Kier alpha value is -1.04. The number of amides is 2. The summed E-state index contributed by atoms with van der Waals surface area (Å²) in [4.78, 5) is 13.6. The molecule has 1 aromatic heterocycles. The SMILES string of the molecule is CN(Cc1csc(Br)c1)C(=O)Nc1ccccc1Cl. The van der Waals surface area contributed by atoms with E-state index in [1.165, 1.54) is 0 Å². The van der Waals surface area contributed by atoms with Gasteiger partial charge in [-0.05, 0) is 45.1 Å². The zero-order valence-corrected chi connectivity index (χ0v) is 13.3. The van der Waals surface area contributed by atoms with Crippen molar-refractivity contribution in [3.8, 4) is 0 Å². The molecule has 0 saturated carbocycles. The van der Waals surface area contributed by atoms with Gasteiger partial charge in [-0.2, -0.15) is 0 Å². The van der Waals surface area contributed by atoms with Gasteiger partial charge in [0, 0.05) is 13.6 Å². The highest BCUT2D eigenvalue weighted by Crippen LogP contribution is 2.23. The molecule has 0 unspecified atom stereocenters. The predicted octanol–water partition coefficient (Wildman–Crippen LogP) is 4.83. The third kappa shape index (κ3) is 3.96. The van der Waals surface area contributed by atoms with Gasteiger partial charge >= 0.3 is 6.03 Å². The maximum atomic E-state index is 12.0. The van der Waals surface area contributed by atoms with Crippen LogP contribution in [0, 0.1) is 0 Å². The van der Waals surface area contributed by atoms with E-state index >= 15 is 0 Å². The van der Waals surface area contributed by atoms with Crippen LogP contribution in [-0.2, 0) is 6.54 Å². The number of halogens is 2. The predicted molar refractivity (Wildman–Crippen MR) is 84.0 cm³/mol. The lowest BCUT2D eigenvalue weighted by molar-refractivity contribution is 0.221. The lowest BCUT2D eigenvalue weighted by Gasteiger charge is -2.17. The van der Waals surface area contributed by atoms with Crippen LogP contribution in [0.25, 0.3) is 0 Å². The van der Waals surface area contributed by atoms with Gasteiger partial charge in [-0.15, -0.1) is 11.3 Å². The summed E-state index contributed by atoms with van der Waals surface area (Å²) in [5, 5.41) is 5.33. The summed E-state index contributed by atoms with van der Waals surface area (Å²) in [6, 6.07) is 8.99. The minimum Gasteiger partial charge on any atom is -0.323 e. The molecule has 19 heavy (non-hydrogen) atoms. The van der Waals surface area contributed by atoms with Gasteiger partial charge in [-0.25, -0.2) is 4.79 Å². The van der Waals surface area contributed by atoms with Crippen LogP contribution in [0.15, 0.2) is 39.5 Å². The lowest BCUT2D eigenvalue weighted by atomic mass is 10.3. The number of thiophene rings is 1. The van der Waals surface area contributed by atoms with Crippen molar-refractivity contribution < 1.29 is 4.79 Å². The number of para-hydroxylation sites is 1. The number of urea groups is 1. The number of anilines is 1. The van der Waals surface area contributed by atoms with E-state index in [2.05, 4.69) is 21.2 Å². The Morgan fingerprint density at radius 1 is 1.47 bits per heavy atom. The average Bonchev–Trinajstić information content (AvgIpc) is 2.77. The minimum atomic E-state index is -0.185. The fraction of sp³-hybridized carbons (Fsp3) is 0.154. The lowest BCUT2D eigenvalue weighted by Crippen LogP contribution is -2.30. The van der Waals surface area contributed by atoms with Crippen molar-refractivity contribution in [2.45, 2.75) is 6.54 Å². The van der Waals surface area contributed by atoms with Crippen LogP contribution in [0.2, 0.25) is 5.02 Å². The molecule has 2 amide bonds. The fourth-order valence-corrected chi connectivity index (χ4v) is 2.93. The van der Waals surface area contributed by atoms with Crippen molar-refractivity contribution >= 4 is 50.6 Å². The third-order valence-corrected chi connectivity index (χ3v) is 4.39. The molecule has 0 spiro atoms. The van der Waals surface area contributed by atoms with Gasteiger partial charge in [-0.3, -0.25) is 0 Å². The highest BCUT2D eigenvalue weighted by atomic mass is 79.9. The Balaban J connectivity index is 1.98. The van der Waals surface area contributed by atoms with Crippen molar-refractivity contribution in [1.82, 2.24) is 4.90 Å². The Bertz CT molecular complexity index is 588. The number of benzene rings is 1. The molecule has 0 atom stereocenters. The van der Waals surface area contributed by atoms with E-state index in [1.807, 2.05) is 23.6 Å². The van der Waals surface area contributed by atoms with Crippen molar-refractivity contribution in [2.24, 2.45) is 0 Å². The summed E-state index contributed by atoms with van der Waals surface area (Å²) in [6.07, 6.45) is 0. The van der Waals surface area contributed by atoms with Crippen LogP contribution < -0.4 is 5.32 Å². The van der Waals surface area contributed by atoms with E-state index in [4.69, 9.17) is 11.6 Å². The highest BCUT2D eigenvalue weighted by molar-refractivity contribution is 9.11. The largest absolute Gasteiger partial charge is 0.323 e. The normalized spacial score (nSPS) is 10.3. The molecule has 6 heteroatoms. The number of hydrogen-bond donors (Lipinski definition) is 1. The fourth-order valence-electron chi connectivity index (χ4n) is 1.55. The van der Waals surface area contributed by atoms with E-state index in [-0.39, 0.29) is 6.03 Å². The summed E-state index contributed by atoms with van der Waals surface area (Å²) in [5.74, 6) is 0. The molecule has 100 valence electrons. The summed E-state index contributed by atoms with van der Waals surface area (Å²) in [6.45, 7) is 0.554. The minimum absolute atomic E-state index is 0.185. The first kappa shape index (κ1) is 14.4. The van der Waals surface area contributed by atoms with E-state index in [0.717, 1.165) is 9.35 Å². The van der Waals surface area contributed by atoms with Crippen LogP contribution in [0.5, 0.6) is 0 Å². The van der Waals surface area contributed by atoms with Gasteiger partial charge in [0.2, 0.25) is 0 Å². The van der Waals surface area contributed by atoms with E-state index < -0.39 is 0 Å². The third-order valence-electron chi connectivity index (χ3n) is 2.50. The molecule has 3 nitrogen and oxygen atoms in total. The standard InChI is InChI=1S/C13H12BrClN2OS/c1-17(7-9-6-12(14)19-8-9)13(18)16-11-5-3-2-4-10(11)15/h2-6,8H,7H2,1H3,(H,16,18). The molecule has 2 rings (SSSR count). The first-order valence-corrected chi connectivity index (χ1v) is 7.61. The number of carbonyl (C=O) groups is 1. The van der Waals surface area contributed by atoms with Crippen molar-refractivity contribution in [3.63, 3.8) is 0 Å². The number of nitrogens with one attached hydrogen (secondary N) is 1. The molecule has 0 fully saturated rings. The van der Waals surface area contributed by atoms with Gasteiger partial charge in [-0.1, -0.05) is 23.7 Å². The maximum Gasteiger partial charge on any atom is 0.321 e. The van der Waals surface area contributed by atoms with Crippen LogP contribution in [0.4, 0.5) is 10.5 Å². The second-order valence-electron chi connectivity index (χ2n) is 4.03. The number of rotatable bonds is 3. The van der Waals surface area contributed by atoms with Crippen molar-refractivity contribution in [1.29, 1.82) is 0 Å². The summed E-state index contributed by atoms with van der Waals surface area (Å²) in [7, 11) is 1.75. The first-order valence-electron chi connectivity index (χ1n) is 5.56. The molecular weight excluding hydrogens is 348 g/mol. The number of carbonyl (C=O) groups excluding carboxylic acids is 1. The molecule has 0 aliphatic carbocycles. The number of hydrogen-bond acceptors (Lipinski definition) is 2. The Labute approximate surface area is 129 Å². The van der Waals surface area contributed by atoms with Crippen molar-refractivity contribution in [2.75, 3.05) is 12.4 Å². The summed E-state index contributed by atoms with van der Waals surface area (Å²) >= 11 is 11.0. The first-order chi connectivity index (χ1) is 9.06. The zero-order valence-electron chi connectivity index (χ0n) is 10.2. The van der Waals surface area contributed by atoms with E-state index in [9.17, 15) is 4.79 Å². The van der Waals surface area contributed by atoms with Gasteiger partial charge in [0.1, 0.15) is 0 Å². The van der Waals surface area contributed by atoms with Gasteiger partial charge in [0.05, 0.1) is 14.5 Å². The molecule has 0 aliphatic rings. The van der Waals surface area contributed by atoms with Crippen LogP contribution >= 0.6 is 38.9 Å². The number of nitrogens with zero attached hydrogens (tertiary/aromatic N) is 1. The zero-order chi connectivity index (χ0) is 13.8. The van der Waals surface area contributed by atoms with E-state index in [1.54, 1.807) is 35.4 Å². The molecule has 0 aliphatic heterocycles. The van der Waals surface area contributed by atoms with Gasteiger partial charge in [0.15, 0.2) is 0 Å².